The molecule has 1 aliphatic heterocycles. The summed E-state index contributed by atoms with van der Waals surface area (Å²) in [6.07, 6.45) is 1.56. The normalized spacial score (nSPS) is 14.3. The van der Waals surface area contributed by atoms with Gasteiger partial charge in [0.2, 0.25) is 0 Å². The van der Waals surface area contributed by atoms with E-state index in [4.69, 9.17) is 16.3 Å². The highest BCUT2D eigenvalue weighted by molar-refractivity contribution is 6.30. The van der Waals surface area contributed by atoms with Crippen LogP contribution in [0, 0.1) is 0 Å². The van der Waals surface area contributed by atoms with Crippen molar-refractivity contribution >= 4 is 34.2 Å². The molecule has 2 heterocycles. The molecule has 6 nitrogen and oxygen atoms in total. The Hall–Kier alpha value is -2.70. The lowest BCUT2D eigenvalue weighted by Gasteiger charge is -2.28. The molecule has 0 bridgehead atoms. The van der Waals surface area contributed by atoms with E-state index in [1.54, 1.807) is 12.4 Å². The summed E-state index contributed by atoms with van der Waals surface area (Å²) in [7, 11) is 0. The summed E-state index contributed by atoms with van der Waals surface area (Å²) in [5.41, 5.74) is 2.35. The fraction of sp³-hybridized carbons (Fsp3) is 0.250. The van der Waals surface area contributed by atoms with Crippen LogP contribution in [0.5, 0.6) is 0 Å². The average molecular weight is 383 g/mol. The largest absolute Gasteiger partial charge is 0.378 e. The number of aromatic nitrogens is 2. The predicted molar refractivity (Wildman–Crippen MR) is 105 cm³/mol. The molecule has 0 saturated carbocycles. The van der Waals surface area contributed by atoms with E-state index < -0.39 is 0 Å². The van der Waals surface area contributed by atoms with Crippen LogP contribution < -0.4 is 10.2 Å². The number of hydrogen-bond acceptors (Lipinski definition) is 5. The Kier molecular flexibility index (Phi) is 5.18. The van der Waals surface area contributed by atoms with Crippen LogP contribution >= 0.6 is 11.6 Å². The Labute approximate surface area is 162 Å². The van der Waals surface area contributed by atoms with E-state index in [2.05, 4.69) is 20.2 Å². The molecule has 1 aromatic heterocycles. The van der Waals surface area contributed by atoms with E-state index in [0.717, 1.165) is 35.4 Å². The molecule has 1 N–H and O–H groups in total. The van der Waals surface area contributed by atoms with E-state index in [1.807, 2.05) is 36.4 Å². The lowest BCUT2D eigenvalue weighted by Crippen LogP contribution is -2.36. The number of hydrogen-bond donors (Lipinski definition) is 1. The molecule has 1 saturated heterocycles. The number of carbonyl (C=O) groups is 1. The third kappa shape index (κ3) is 4.02. The number of amides is 1. The van der Waals surface area contributed by atoms with Crippen molar-refractivity contribution in [3.8, 4) is 0 Å². The van der Waals surface area contributed by atoms with Gasteiger partial charge < -0.3 is 15.0 Å². The Morgan fingerprint density at radius 3 is 2.81 bits per heavy atom. The van der Waals surface area contributed by atoms with Gasteiger partial charge in [0, 0.05) is 35.6 Å². The maximum absolute atomic E-state index is 12.6. The van der Waals surface area contributed by atoms with Crippen LogP contribution in [-0.4, -0.2) is 42.2 Å². The van der Waals surface area contributed by atoms with Crippen molar-refractivity contribution in [1.29, 1.82) is 0 Å². The van der Waals surface area contributed by atoms with Crippen molar-refractivity contribution < 1.29 is 9.53 Å². The molecule has 1 amide bonds. The van der Waals surface area contributed by atoms with Crippen molar-refractivity contribution in [3.63, 3.8) is 0 Å². The van der Waals surface area contributed by atoms with E-state index in [-0.39, 0.29) is 5.91 Å². The average Bonchev–Trinajstić information content (AvgIpc) is 2.72. The predicted octanol–water partition coefficient (Wildman–Crippen LogP) is 3.05. The fourth-order valence-electron chi connectivity index (χ4n) is 3.14. The quantitative estimate of drug-likeness (QED) is 0.751. The van der Waals surface area contributed by atoms with Crippen LogP contribution in [0.3, 0.4) is 0 Å². The highest BCUT2D eigenvalue weighted by atomic mass is 35.5. The van der Waals surface area contributed by atoms with E-state index in [0.29, 0.717) is 30.3 Å². The zero-order valence-electron chi connectivity index (χ0n) is 14.7. The third-order valence-corrected chi connectivity index (χ3v) is 4.76. The summed E-state index contributed by atoms with van der Waals surface area (Å²) in [6, 6.07) is 12.9. The number of nitrogens with zero attached hydrogens (tertiary/aromatic N) is 3. The maximum atomic E-state index is 12.6. The molecule has 27 heavy (non-hydrogen) atoms. The number of benzene rings is 2. The zero-order chi connectivity index (χ0) is 18.6. The van der Waals surface area contributed by atoms with Gasteiger partial charge in [0.15, 0.2) is 0 Å². The van der Waals surface area contributed by atoms with E-state index >= 15 is 0 Å². The number of morpholine rings is 1. The van der Waals surface area contributed by atoms with Gasteiger partial charge in [-0.1, -0.05) is 23.7 Å². The molecule has 1 fully saturated rings. The summed E-state index contributed by atoms with van der Waals surface area (Å²) in [6.45, 7) is 3.31. The lowest BCUT2D eigenvalue weighted by atomic mass is 10.1. The highest BCUT2D eigenvalue weighted by Crippen LogP contribution is 2.25. The first kappa shape index (κ1) is 17.7. The lowest BCUT2D eigenvalue weighted by molar-refractivity contribution is 0.0951. The molecular formula is C20H19ClN4O2. The van der Waals surface area contributed by atoms with Crippen LogP contribution in [0.4, 0.5) is 5.82 Å². The number of fused-ring (bicyclic) bond motifs is 1. The molecule has 0 atom stereocenters. The van der Waals surface area contributed by atoms with E-state index in [1.165, 1.54) is 0 Å². The first-order valence-electron chi connectivity index (χ1n) is 8.81. The molecule has 2 aromatic carbocycles. The van der Waals surface area contributed by atoms with Gasteiger partial charge in [-0.15, -0.1) is 0 Å². The second-order valence-corrected chi connectivity index (χ2v) is 6.78. The van der Waals surface area contributed by atoms with E-state index in [9.17, 15) is 4.79 Å². The molecule has 0 radical (unpaired) electrons. The Morgan fingerprint density at radius 2 is 2.00 bits per heavy atom. The van der Waals surface area contributed by atoms with Crippen LogP contribution in [0.25, 0.3) is 10.9 Å². The number of rotatable bonds is 4. The number of halogens is 1. The van der Waals surface area contributed by atoms with Gasteiger partial charge >= 0.3 is 0 Å². The number of nitrogens with one attached hydrogen (secondary N) is 1. The molecule has 138 valence electrons. The van der Waals surface area contributed by atoms with Crippen molar-refractivity contribution in [2.45, 2.75) is 6.54 Å². The first-order valence-corrected chi connectivity index (χ1v) is 9.18. The molecule has 3 aromatic rings. The molecule has 0 unspecified atom stereocenters. The van der Waals surface area contributed by atoms with Gasteiger partial charge in [-0.2, -0.15) is 0 Å². The highest BCUT2D eigenvalue weighted by Gasteiger charge is 2.17. The van der Waals surface area contributed by atoms with Gasteiger partial charge in [-0.25, -0.2) is 9.97 Å². The molecule has 0 aliphatic carbocycles. The number of ether oxygens (including phenoxy) is 1. The molecule has 4 rings (SSSR count). The molecule has 0 spiro atoms. The van der Waals surface area contributed by atoms with Crippen molar-refractivity contribution in [1.82, 2.24) is 15.3 Å². The van der Waals surface area contributed by atoms with Crippen LogP contribution in [0.15, 0.2) is 48.8 Å². The SMILES string of the molecule is O=C(NCc1cccc(Cl)c1)c1ccc2ncnc(N3CCOCC3)c2c1. The first-order chi connectivity index (χ1) is 13.2. The van der Waals surface area contributed by atoms with Crippen LogP contribution in [0.1, 0.15) is 15.9 Å². The molecule has 7 heteroatoms. The maximum Gasteiger partial charge on any atom is 0.251 e. The second-order valence-electron chi connectivity index (χ2n) is 6.34. The van der Waals surface area contributed by atoms with Crippen LogP contribution in [0.2, 0.25) is 5.02 Å². The van der Waals surface area contributed by atoms with Crippen molar-refractivity contribution in [2.24, 2.45) is 0 Å². The van der Waals surface area contributed by atoms with Gasteiger partial charge in [0.05, 0.1) is 18.7 Å². The smallest absolute Gasteiger partial charge is 0.251 e. The Bertz CT molecular complexity index is 973. The monoisotopic (exact) mass is 382 g/mol. The van der Waals surface area contributed by atoms with Gasteiger partial charge in [-0.3, -0.25) is 4.79 Å². The minimum atomic E-state index is -0.145. The fourth-order valence-corrected chi connectivity index (χ4v) is 3.36. The summed E-state index contributed by atoms with van der Waals surface area (Å²) in [5, 5.41) is 4.46. The minimum absolute atomic E-state index is 0.145. The summed E-state index contributed by atoms with van der Waals surface area (Å²) in [4.78, 5) is 23.6. The minimum Gasteiger partial charge on any atom is -0.378 e. The molecular weight excluding hydrogens is 364 g/mol. The standard InChI is InChI=1S/C20H19ClN4O2/c21-16-3-1-2-14(10-16)12-22-20(26)15-4-5-18-17(11-15)19(24-13-23-18)25-6-8-27-9-7-25/h1-5,10-11,13H,6-9,12H2,(H,22,26). The Balaban J connectivity index is 1.57. The summed E-state index contributed by atoms with van der Waals surface area (Å²) in [5.74, 6) is 0.696. The van der Waals surface area contributed by atoms with Crippen molar-refractivity contribution in [2.75, 3.05) is 31.2 Å². The summed E-state index contributed by atoms with van der Waals surface area (Å²) < 4.78 is 5.42. The third-order valence-electron chi connectivity index (χ3n) is 4.53. The van der Waals surface area contributed by atoms with Crippen LogP contribution in [-0.2, 0) is 11.3 Å². The topological polar surface area (TPSA) is 67.4 Å². The zero-order valence-corrected chi connectivity index (χ0v) is 15.4. The summed E-state index contributed by atoms with van der Waals surface area (Å²) >= 11 is 5.99. The molecule has 1 aliphatic rings. The Morgan fingerprint density at radius 1 is 1.15 bits per heavy atom. The van der Waals surface area contributed by atoms with Crippen molar-refractivity contribution in [3.05, 3.63) is 64.9 Å². The number of anilines is 1. The number of carbonyl (C=O) groups excluding carboxylic acids is 1. The second kappa shape index (κ2) is 7.90. The van der Waals surface area contributed by atoms with Gasteiger partial charge in [0.25, 0.3) is 5.91 Å². The van der Waals surface area contributed by atoms with Gasteiger partial charge in [-0.05, 0) is 35.9 Å². The van der Waals surface area contributed by atoms with Gasteiger partial charge in [0.1, 0.15) is 12.1 Å².